The van der Waals surface area contributed by atoms with Crippen LogP contribution in [0.5, 0.6) is 0 Å². The van der Waals surface area contributed by atoms with E-state index in [1.54, 1.807) is 0 Å². The molecule has 1 N–H and O–H groups in total. The van der Waals surface area contributed by atoms with Gasteiger partial charge in [0.25, 0.3) is 0 Å². The minimum absolute atomic E-state index is 0.00532. The maximum atomic E-state index is 10.5. The molecule has 0 saturated carbocycles. The summed E-state index contributed by atoms with van der Waals surface area (Å²) in [5.41, 5.74) is 1.92. The van der Waals surface area contributed by atoms with Gasteiger partial charge in [0.1, 0.15) is 0 Å². The third-order valence-electron chi connectivity index (χ3n) is 4.88. The average molecular weight is 335 g/mol. The van der Waals surface area contributed by atoms with Gasteiger partial charge in [-0.1, -0.05) is 71.5 Å². The molecule has 1 rings (SSSR count). The van der Waals surface area contributed by atoms with Crippen LogP contribution in [0.1, 0.15) is 52.7 Å². The highest BCUT2D eigenvalue weighted by molar-refractivity contribution is 6.74. The molecule has 0 aliphatic carbocycles. The van der Waals surface area contributed by atoms with Crippen molar-refractivity contribution in [1.29, 1.82) is 0 Å². The number of rotatable bonds is 7. The van der Waals surface area contributed by atoms with Gasteiger partial charge < -0.3 is 9.53 Å². The van der Waals surface area contributed by atoms with Crippen LogP contribution in [0.3, 0.4) is 0 Å². The van der Waals surface area contributed by atoms with Crippen molar-refractivity contribution in [2.45, 2.75) is 71.4 Å². The van der Waals surface area contributed by atoms with Gasteiger partial charge in [-0.15, -0.1) is 0 Å². The highest BCUT2D eigenvalue weighted by atomic mass is 28.4. The number of hydrogen-bond acceptors (Lipinski definition) is 2. The molecule has 23 heavy (non-hydrogen) atoms. The molecular formula is C20H34O2Si. The summed E-state index contributed by atoms with van der Waals surface area (Å²) in [6.45, 7) is 19.9. The second-order valence-corrected chi connectivity index (χ2v) is 13.1. The lowest BCUT2D eigenvalue weighted by molar-refractivity contribution is 0.135. The van der Waals surface area contributed by atoms with Gasteiger partial charge in [0.15, 0.2) is 8.32 Å². The highest BCUT2D eigenvalue weighted by Gasteiger charge is 2.40. The Kier molecular flexibility index (Phi) is 6.81. The molecule has 0 saturated heterocycles. The molecule has 0 unspecified atom stereocenters. The first kappa shape index (κ1) is 20.1. The Morgan fingerprint density at radius 1 is 1.17 bits per heavy atom. The summed E-state index contributed by atoms with van der Waals surface area (Å²) in [5.74, 6) is 0.347. The molecule has 2 atom stereocenters. The Balaban J connectivity index is 2.84. The highest BCUT2D eigenvalue weighted by Crippen LogP contribution is 2.39. The molecule has 0 bridgehead atoms. The van der Waals surface area contributed by atoms with Crippen LogP contribution < -0.4 is 0 Å². The summed E-state index contributed by atoms with van der Waals surface area (Å²) in [7, 11) is -1.87. The SMILES string of the molecule is C=C(C[C@H](O)c1ccccc1)[C@H](O[Si](C)(C)C(C)(C)C)C(C)C. The van der Waals surface area contributed by atoms with Crippen molar-refractivity contribution in [3.8, 4) is 0 Å². The first-order valence-electron chi connectivity index (χ1n) is 8.54. The van der Waals surface area contributed by atoms with Crippen molar-refractivity contribution in [2.75, 3.05) is 0 Å². The molecule has 2 nitrogen and oxygen atoms in total. The summed E-state index contributed by atoms with van der Waals surface area (Å²) in [4.78, 5) is 0. The standard InChI is InChI=1S/C20H34O2Si/c1-15(2)19(22-23(7,8)20(4,5)6)16(3)14-18(21)17-12-10-9-11-13-17/h9-13,15,18-19,21H,3,14H2,1-2,4-8H3/t18-,19+/m0/s1. The van der Waals surface area contributed by atoms with Crippen LogP contribution >= 0.6 is 0 Å². The number of aliphatic hydroxyl groups excluding tert-OH is 1. The predicted octanol–water partition coefficient (Wildman–Crippen LogP) is 5.71. The Bertz CT molecular complexity index is 500. The van der Waals surface area contributed by atoms with Gasteiger partial charge in [0.05, 0.1) is 12.2 Å². The van der Waals surface area contributed by atoms with E-state index in [2.05, 4.69) is 54.3 Å². The van der Waals surface area contributed by atoms with E-state index in [9.17, 15) is 5.11 Å². The van der Waals surface area contributed by atoms with E-state index in [0.717, 1.165) is 11.1 Å². The van der Waals surface area contributed by atoms with E-state index >= 15 is 0 Å². The minimum atomic E-state index is -1.87. The Hall–Kier alpha value is -0.903. The van der Waals surface area contributed by atoms with Crippen molar-refractivity contribution in [3.05, 3.63) is 48.0 Å². The molecule has 1 aromatic rings. The molecule has 0 aromatic heterocycles. The fourth-order valence-corrected chi connectivity index (χ4v) is 3.77. The van der Waals surface area contributed by atoms with Crippen molar-refractivity contribution >= 4 is 8.32 Å². The molecule has 0 heterocycles. The predicted molar refractivity (Wildman–Crippen MR) is 102 cm³/mol. The maximum Gasteiger partial charge on any atom is 0.192 e. The van der Waals surface area contributed by atoms with Crippen LogP contribution in [0, 0.1) is 5.92 Å². The lowest BCUT2D eigenvalue weighted by Gasteiger charge is -2.41. The number of benzene rings is 1. The Labute approximate surface area is 143 Å². The summed E-state index contributed by atoms with van der Waals surface area (Å²) < 4.78 is 6.59. The first-order valence-corrected chi connectivity index (χ1v) is 11.4. The third kappa shape index (κ3) is 5.59. The fraction of sp³-hybridized carbons (Fsp3) is 0.600. The van der Waals surface area contributed by atoms with Gasteiger partial charge in [-0.05, 0) is 35.2 Å². The topological polar surface area (TPSA) is 29.5 Å². The lowest BCUT2D eigenvalue weighted by atomic mass is 9.94. The third-order valence-corrected chi connectivity index (χ3v) is 9.33. The zero-order chi connectivity index (χ0) is 17.8. The summed E-state index contributed by atoms with van der Waals surface area (Å²) in [6, 6.07) is 9.78. The zero-order valence-electron chi connectivity index (χ0n) is 15.9. The van der Waals surface area contributed by atoms with Crippen molar-refractivity contribution in [2.24, 2.45) is 5.92 Å². The lowest BCUT2D eigenvalue weighted by Crippen LogP contribution is -2.45. The summed E-state index contributed by atoms with van der Waals surface area (Å²) in [5, 5.41) is 10.6. The largest absolute Gasteiger partial charge is 0.410 e. The van der Waals surface area contributed by atoms with Gasteiger partial charge in [0.2, 0.25) is 0 Å². The molecule has 1 aromatic carbocycles. The molecule has 0 aliphatic heterocycles. The molecule has 130 valence electrons. The minimum Gasteiger partial charge on any atom is -0.410 e. The van der Waals surface area contributed by atoms with E-state index < -0.39 is 14.4 Å². The van der Waals surface area contributed by atoms with Crippen molar-refractivity contribution < 1.29 is 9.53 Å². The van der Waals surface area contributed by atoms with Crippen LogP contribution in [0.4, 0.5) is 0 Å². The molecule has 0 fully saturated rings. The van der Waals surface area contributed by atoms with Gasteiger partial charge in [0, 0.05) is 6.42 Å². The van der Waals surface area contributed by atoms with Crippen molar-refractivity contribution in [1.82, 2.24) is 0 Å². The molecule has 0 spiro atoms. The van der Waals surface area contributed by atoms with Crippen LogP contribution in [0.25, 0.3) is 0 Å². The quantitative estimate of drug-likeness (QED) is 0.511. The Morgan fingerprint density at radius 3 is 2.13 bits per heavy atom. The van der Waals surface area contributed by atoms with E-state index in [1.807, 2.05) is 30.3 Å². The summed E-state index contributed by atoms with van der Waals surface area (Å²) in [6.07, 6.45) is 0.0174. The zero-order valence-corrected chi connectivity index (χ0v) is 16.9. The van der Waals surface area contributed by atoms with Gasteiger partial charge in [-0.3, -0.25) is 0 Å². The van der Waals surface area contributed by atoms with E-state index in [1.165, 1.54) is 0 Å². The van der Waals surface area contributed by atoms with Crippen molar-refractivity contribution in [3.63, 3.8) is 0 Å². The van der Waals surface area contributed by atoms with E-state index in [-0.39, 0.29) is 11.1 Å². The molecule has 0 radical (unpaired) electrons. The second-order valence-electron chi connectivity index (χ2n) is 8.33. The van der Waals surface area contributed by atoms with Crippen LogP contribution in [-0.4, -0.2) is 19.5 Å². The van der Waals surface area contributed by atoms with Crippen LogP contribution in [0.15, 0.2) is 42.5 Å². The van der Waals surface area contributed by atoms with Gasteiger partial charge in [-0.2, -0.15) is 0 Å². The van der Waals surface area contributed by atoms with Gasteiger partial charge >= 0.3 is 0 Å². The maximum absolute atomic E-state index is 10.5. The Morgan fingerprint density at radius 2 is 1.70 bits per heavy atom. The smallest absolute Gasteiger partial charge is 0.192 e. The normalized spacial score (nSPS) is 15.5. The molecular weight excluding hydrogens is 300 g/mol. The van der Waals surface area contributed by atoms with E-state index in [4.69, 9.17) is 4.43 Å². The van der Waals surface area contributed by atoms with Crippen LogP contribution in [0.2, 0.25) is 18.1 Å². The average Bonchev–Trinajstić information content (AvgIpc) is 2.44. The summed E-state index contributed by atoms with van der Waals surface area (Å²) >= 11 is 0. The second kappa shape index (κ2) is 7.78. The molecule has 3 heteroatoms. The van der Waals surface area contributed by atoms with E-state index in [0.29, 0.717) is 12.3 Å². The number of aliphatic hydroxyl groups is 1. The monoisotopic (exact) mass is 334 g/mol. The molecule has 0 amide bonds. The fourth-order valence-electron chi connectivity index (χ4n) is 2.34. The van der Waals surface area contributed by atoms with Crippen LogP contribution in [-0.2, 0) is 4.43 Å². The molecule has 0 aliphatic rings. The van der Waals surface area contributed by atoms with Gasteiger partial charge in [-0.25, -0.2) is 0 Å². The number of hydrogen-bond donors (Lipinski definition) is 1. The first-order chi connectivity index (χ1) is 10.5.